The molecule has 146 valence electrons. The number of hydrogen-bond acceptors (Lipinski definition) is 5. The molecule has 0 aromatic carbocycles. The summed E-state index contributed by atoms with van der Waals surface area (Å²) < 4.78 is 1.84. The molecular formula is C23H23N5O. The number of aromatic nitrogens is 4. The fraction of sp³-hybridized carbons (Fsp3) is 0.304. The fourth-order valence-corrected chi connectivity index (χ4v) is 4.56. The minimum absolute atomic E-state index is 0.0834. The van der Waals surface area contributed by atoms with Crippen LogP contribution in [0, 0.1) is 12.3 Å². The maximum atomic E-state index is 13.3. The number of pyridine rings is 2. The van der Waals surface area contributed by atoms with Gasteiger partial charge in [0.25, 0.3) is 0 Å². The van der Waals surface area contributed by atoms with Crippen LogP contribution in [0.4, 0.5) is 5.82 Å². The van der Waals surface area contributed by atoms with Crippen LogP contribution in [0.25, 0.3) is 5.82 Å². The van der Waals surface area contributed by atoms with Gasteiger partial charge < -0.3 is 5.32 Å². The summed E-state index contributed by atoms with van der Waals surface area (Å²) in [6.07, 6.45) is 4.89. The van der Waals surface area contributed by atoms with Gasteiger partial charge in [-0.2, -0.15) is 9.78 Å². The Morgan fingerprint density at radius 1 is 1.07 bits per heavy atom. The Morgan fingerprint density at radius 3 is 2.52 bits per heavy atom. The summed E-state index contributed by atoms with van der Waals surface area (Å²) in [5.41, 5.74) is 4.48. The van der Waals surface area contributed by atoms with Crippen molar-refractivity contribution in [2.45, 2.75) is 39.5 Å². The first kappa shape index (κ1) is 17.8. The number of carbonyl (C=O) groups excluding carboxylic acids is 1. The maximum absolute atomic E-state index is 13.3. The third kappa shape index (κ3) is 2.87. The molecule has 1 N–H and O–H groups in total. The maximum Gasteiger partial charge on any atom is 0.162 e. The molecule has 5 rings (SSSR count). The number of aryl methyl sites for hydroxylation is 1. The smallest absolute Gasteiger partial charge is 0.162 e. The number of allylic oxidation sites excluding steroid dienone is 2. The van der Waals surface area contributed by atoms with Crippen molar-refractivity contribution in [1.82, 2.24) is 19.7 Å². The molecule has 1 atom stereocenters. The SMILES string of the molecule is Cc1nn(-c2ccccn2)c2c1C(c1ccccn1)C1=C(CC(C)(C)CC1=O)N2. The average Bonchev–Trinajstić information content (AvgIpc) is 3.03. The Kier molecular flexibility index (Phi) is 3.91. The van der Waals surface area contributed by atoms with Crippen LogP contribution in [0.5, 0.6) is 0 Å². The predicted octanol–water partition coefficient (Wildman–Crippen LogP) is 4.17. The van der Waals surface area contributed by atoms with Gasteiger partial charge in [-0.1, -0.05) is 26.0 Å². The topological polar surface area (TPSA) is 72.7 Å². The van der Waals surface area contributed by atoms with E-state index >= 15 is 0 Å². The van der Waals surface area contributed by atoms with Crippen molar-refractivity contribution in [3.8, 4) is 5.82 Å². The summed E-state index contributed by atoms with van der Waals surface area (Å²) in [7, 11) is 0. The van der Waals surface area contributed by atoms with Gasteiger partial charge in [-0.3, -0.25) is 9.78 Å². The highest BCUT2D eigenvalue weighted by atomic mass is 16.1. The van der Waals surface area contributed by atoms with Crippen LogP contribution in [0.2, 0.25) is 0 Å². The van der Waals surface area contributed by atoms with E-state index in [0.29, 0.717) is 6.42 Å². The van der Waals surface area contributed by atoms with Crippen molar-refractivity contribution in [1.29, 1.82) is 0 Å². The molecule has 3 aromatic rings. The van der Waals surface area contributed by atoms with E-state index in [1.54, 1.807) is 12.4 Å². The summed E-state index contributed by atoms with van der Waals surface area (Å²) in [5, 5.41) is 8.35. The second kappa shape index (κ2) is 6.37. The second-order valence-electron chi connectivity index (χ2n) is 8.59. The number of fused-ring (bicyclic) bond motifs is 1. The van der Waals surface area contributed by atoms with Gasteiger partial charge >= 0.3 is 0 Å². The molecule has 0 spiro atoms. The molecule has 3 aromatic heterocycles. The van der Waals surface area contributed by atoms with Crippen molar-refractivity contribution < 1.29 is 4.79 Å². The number of anilines is 1. The Labute approximate surface area is 169 Å². The van der Waals surface area contributed by atoms with E-state index in [1.807, 2.05) is 48.0 Å². The third-order valence-corrected chi connectivity index (χ3v) is 5.72. The van der Waals surface area contributed by atoms with Gasteiger partial charge in [-0.25, -0.2) is 4.98 Å². The molecule has 0 saturated carbocycles. The minimum Gasteiger partial charge on any atom is -0.343 e. The first-order chi connectivity index (χ1) is 13.9. The van der Waals surface area contributed by atoms with Crippen LogP contribution in [-0.2, 0) is 4.79 Å². The van der Waals surface area contributed by atoms with E-state index in [4.69, 9.17) is 5.10 Å². The molecule has 1 unspecified atom stereocenters. The minimum atomic E-state index is -0.219. The van der Waals surface area contributed by atoms with E-state index in [-0.39, 0.29) is 17.1 Å². The quantitative estimate of drug-likeness (QED) is 0.717. The monoisotopic (exact) mass is 385 g/mol. The summed E-state index contributed by atoms with van der Waals surface area (Å²) in [5.74, 6) is 1.59. The first-order valence-corrected chi connectivity index (χ1v) is 9.90. The van der Waals surface area contributed by atoms with E-state index < -0.39 is 0 Å². The van der Waals surface area contributed by atoms with Crippen LogP contribution >= 0.6 is 0 Å². The Balaban J connectivity index is 1.76. The number of nitrogens with one attached hydrogen (secondary N) is 1. The summed E-state index contributed by atoms with van der Waals surface area (Å²) >= 11 is 0. The predicted molar refractivity (Wildman–Crippen MR) is 111 cm³/mol. The zero-order valence-corrected chi connectivity index (χ0v) is 16.8. The molecule has 1 aliphatic heterocycles. The zero-order chi connectivity index (χ0) is 20.2. The summed E-state index contributed by atoms with van der Waals surface area (Å²) in [6.45, 7) is 6.27. The number of hydrogen-bond donors (Lipinski definition) is 1. The summed E-state index contributed by atoms with van der Waals surface area (Å²) in [6, 6.07) is 11.6. The molecule has 0 bridgehead atoms. The number of ketones is 1. The molecule has 0 radical (unpaired) electrons. The molecule has 6 nitrogen and oxygen atoms in total. The van der Waals surface area contributed by atoms with Gasteiger partial charge in [0.05, 0.1) is 17.3 Å². The number of carbonyl (C=O) groups is 1. The molecule has 4 heterocycles. The highest BCUT2D eigenvalue weighted by Gasteiger charge is 2.43. The third-order valence-electron chi connectivity index (χ3n) is 5.72. The molecule has 29 heavy (non-hydrogen) atoms. The van der Waals surface area contributed by atoms with E-state index in [1.165, 1.54) is 0 Å². The highest BCUT2D eigenvalue weighted by molar-refractivity contribution is 6.01. The van der Waals surface area contributed by atoms with Gasteiger partial charge in [-0.05, 0) is 43.0 Å². The lowest BCUT2D eigenvalue weighted by atomic mass is 9.70. The molecule has 2 aliphatic rings. The van der Waals surface area contributed by atoms with Gasteiger partial charge in [-0.15, -0.1) is 0 Å². The first-order valence-electron chi connectivity index (χ1n) is 9.90. The number of nitrogens with zero attached hydrogens (tertiary/aromatic N) is 4. The molecule has 0 fully saturated rings. The Hall–Kier alpha value is -3.28. The van der Waals surface area contributed by atoms with Crippen molar-refractivity contribution in [3.05, 3.63) is 77.0 Å². The van der Waals surface area contributed by atoms with Gasteiger partial charge in [0.1, 0.15) is 5.82 Å². The van der Waals surface area contributed by atoms with Crippen LogP contribution in [0.15, 0.2) is 60.1 Å². The summed E-state index contributed by atoms with van der Waals surface area (Å²) in [4.78, 5) is 22.4. The second-order valence-corrected chi connectivity index (χ2v) is 8.59. The van der Waals surface area contributed by atoms with Crippen LogP contribution < -0.4 is 5.32 Å². The number of Topliss-reactive ketones (excluding diaryl/α,β-unsaturated/α-hetero) is 1. The molecule has 0 amide bonds. The van der Waals surface area contributed by atoms with E-state index in [9.17, 15) is 4.79 Å². The molecule has 0 saturated heterocycles. The van der Waals surface area contributed by atoms with Crippen LogP contribution in [0.1, 0.15) is 49.6 Å². The zero-order valence-electron chi connectivity index (χ0n) is 16.8. The van der Waals surface area contributed by atoms with Crippen molar-refractivity contribution in [2.24, 2.45) is 5.41 Å². The molecule has 6 heteroatoms. The van der Waals surface area contributed by atoms with E-state index in [2.05, 4.69) is 29.1 Å². The van der Waals surface area contributed by atoms with Crippen molar-refractivity contribution in [2.75, 3.05) is 5.32 Å². The van der Waals surface area contributed by atoms with Crippen LogP contribution in [-0.4, -0.2) is 25.5 Å². The van der Waals surface area contributed by atoms with Crippen LogP contribution in [0.3, 0.4) is 0 Å². The largest absolute Gasteiger partial charge is 0.343 e. The molecule has 1 aliphatic carbocycles. The lowest BCUT2D eigenvalue weighted by molar-refractivity contribution is -0.118. The van der Waals surface area contributed by atoms with Gasteiger partial charge in [0, 0.05) is 35.6 Å². The van der Waals surface area contributed by atoms with Crippen molar-refractivity contribution >= 4 is 11.6 Å². The molecular weight excluding hydrogens is 362 g/mol. The lowest BCUT2D eigenvalue weighted by Crippen LogP contribution is -2.34. The van der Waals surface area contributed by atoms with Crippen molar-refractivity contribution in [3.63, 3.8) is 0 Å². The fourth-order valence-electron chi connectivity index (χ4n) is 4.56. The van der Waals surface area contributed by atoms with E-state index in [0.717, 1.165) is 46.3 Å². The van der Waals surface area contributed by atoms with Gasteiger partial charge in [0.2, 0.25) is 0 Å². The average molecular weight is 385 g/mol. The standard InChI is InChI=1S/C23H23N5O/c1-14-19-21(15-8-4-6-10-24-15)20-16(12-23(2,3)13-17(20)29)26-22(19)28(27-14)18-9-5-7-11-25-18/h4-11,21,26H,12-13H2,1-3H3. The Bertz CT molecular complexity index is 1130. The highest BCUT2D eigenvalue weighted by Crippen LogP contribution is 2.49. The van der Waals surface area contributed by atoms with Gasteiger partial charge in [0.15, 0.2) is 11.6 Å². The lowest BCUT2D eigenvalue weighted by Gasteiger charge is -2.38. The number of rotatable bonds is 2. The normalized spacial score (nSPS) is 20.1. The Morgan fingerprint density at radius 2 is 1.83 bits per heavy atom.